The first-order valence-corrected chi connectivity index (χ1v) is 4.86. The SMILES string of the molecule is C/C=C/C(=O)NC(C(=O)O)c1ccccc1. The van der Waals surface area contributed by atoms with Crippen molar-refractivity contribution in [1.82, 2.24) is 5.32 Å². The Balaban J connectivity index is 2.85. The third-order valence-corrected chi connectivity index (χ3v) is 1.98. The van der Waals surface area contributed by atoms with Gasteiger partial charge in [0, 0.05) is 0 Å². The third-order valence-electron chi connectivity index (χ3n) is 1.98. The lowest BCUT2D eigenvalue weighted by Gasteiger charge is -2.13. The van der Waals surface area contributed by atoms with E-state index in [2.05, 4.69) is 5.32 Å². The van der Waals surface area contributed by atoms with Crippen LogP contribution in [0.5, 0.6) is 0 Å². The van der Waals surface area contributed by atoms with Crippen molar-refractivity contribution in [2.75, 3.05) is 0 Å². The van der Waals surface area contributed by atoms with Crippen molar-refractivity contribution >= 4 is 11.9 Å². The van der Waals surface area contributed by atoms with Crippen LogP contribution >= 0.6 is 0 Å². The van der Waals surface area contributed by atoms with Gasteiger partial charge in [0.15, 0.2) is 6.04 Å². The van der Waals surface area contributed by atoms with E-state index in [9.17, 15) is 9.59 Å². The summed E-state index contributed by atoms with van der Waals surface area (Å²) in [7, 11) is 0. The van der Waals surface area contributed by atoms with Gasteiger partial charge in [0.2, 0.25) is 5.91 Å². The zero-order valence-corrected chi connectivity index (χ0v) is 8.88. The first kappa shape index (κ1) is 12.0. The van der Waals surface area contributed by atoms with Gasteiger partial charge in [0.05, 0.1) is 0 Å². The second kappa shape index (κ2) is 5.70. The van der Waals surface area contributed by atoms with Crippen molar-refractivity contribution in [3.05, 3.63) is 48.0 Å². The van der Waals surface area contributed by atoms with Crippen molar-refractivity contribution in [3.63, 3.8) is 0 Å². The second-order valence-electron chi connectivity index (χ2n) is 3.19. The number of carbonyl (C=O) groups is 2. The molecule has 0 spiro atoms. The molecule has 0 aliphatic carbocycles. The molecular weight excluding hydrogens is 206 g/mol. The molecule has 0 saturated carbocycles. The molecule has 0 aliphatic rings. The average Bonchev–Trinajstić information content (AvgIpc) is 2.27. The van der Waals surface area contributed by atoms with Gasteiger partial charge in [-0.2, -0.15) is 0 Å². The third kappa shape index (κ3) is 3.24. The lowest BCUT2D eigenvalue weighted by Crippen LogP contribution is -2.32. The molecule has 84 valence electrons. The highest BCUT2D eigenvalue weighted by molar-refractivity contribution is 5.91. The van der Waals surface area contributed by atoms with Gasteiger partial charge in [-0.1, -0.05) is 36.4 Å². The van der Waals surface area contributed by atoms with E-state index >= 15 is 0 Å². The smallest absolute Gasteiger partial charge is 0.330 e. The van der Waals surface area contributed by atoms with E-state index in [0.717, 1.165) is 0 Å². The number of rotatable bonds is 4. The molecule has 4 heteroatoms. The van der Waals surface area contributed by atoms with Crippen LogP contribution in [0.15, 0.2) is 42.5 Å². The van der Waals surface area contributed by atoms with Crippen molar-refractivity contribution in [2.45, 2.75) is 13.0 Å². The molecule has 1 atom stereocenters. The maximum absolute atomic E-state index is 11.3. The fraction of sp³-hybridized carbons (Fsp3) is 0.167. The molecule has 0 saturated heterocycles. The van der Waals surface area contributed by atoms with Gasteiger partial charge in [0.25, 0.3) is 0 Å². The fourth-order valence-corrected chi connectivity index (χ4v) is 1.27. The molecule has 0 bridgehead atoms. The predicted molar refractivity (Wildman–Crippen MR) is 59.8 cm³/mol. The molecule has 1 amide bonds. The Kier molecular flexibility index (Phi) is 4.27. The number of hydrogen-bond acceptors (Lipinski definition) is 2. The molecule has 1 unspecified atom stereocenters. The molecule has 16 heavy (non-hydrogen) atoms. The van der Waals surface area contributed by atoms with E-state index in [1.165, 1.54) is 6.08 Å². The van der Waals surface area contributed by atoms with Crippen LogP contribution < -0.4 is 5.32 Å². The van der Waals surface area contributed by atoms with E-state index in [4.69, 9.17) is 5.11 Å². The molecule has 1 aromatic rings. The lowest BCUT2D eigenvalue weighted by atomic mass is 10.1. The van der Waals surface area contributed by atoms with Crippen LogP contribution in [0.4, 0.5) is 0 Å². The van der Waals surface area contributed by atoms with Gasteiger partial charge in [0.1, 0.15) is 0 Å². The Morgan fingerprint density at radius 1 is 1.31 bits per heavy atom. The summed E-state index contributed by atoms with van der Waals surface area (Å²) in [5.74, 6) is -1.50. The van der Waals surface area contributed by atoms with Crippen LogP contribution in [0.25, 0.3) is 0 Å². The largest absolute Gasteiger partial charge is 0.479 e. The summed E-state index contributed by atoms with van der Waals surface area (Å²) in [4.78, 5) is 22.3. The van der Waals surface area contributed by atoms with Crippen molar-refractivity contribution in [1.29, 1.82) is 0 Å². The Morgan fingerprint density at radius 2 is 1.94 bits per heavy atom. The summed E-state index contributed by atoms with van der Waals surface area (Å²) in [6, 6.07) is 7.56. The van der Waals surface area contributed by atoms with Crippen molar-refractivity contribution in [2.24, 2.45) is 0 Å². The predicted octanol–water partition coefficient (Wildman–Crippen LogP) is 1.50. The Bertz CT molecular complexity index is 398. The molecule has 4 nitrogen and oxygen atoms in total. The topological polar surface area (TPSA) is 66.4 Å². The van der Waals surface area contributed by atoms with E-state index in [1.807, 2.05) is 0 Å². The Labute approximate surface area is 93.6 Å². The minimum absolute atomic E-state index is 0.418. The summed E-state index contributed by atoms with van der Waals surface area (Å²) in [5, 5.41) is 11.4. The van der Waals surface area contributed by atoms with Crippen LogP contribution in [0.2, 0.25) is 0 Å². The highest BCUT2D eigenvalue weighted by Crippen LogP contribution is 2.12. The molecule has 0 heterocycles. The molecule has 1 aromatic carbocycles. The van der Waals surface area contributed by atoms with E-state index < -0.39 is 17.9 Å². The minimum atomic E-state index is -1.08. The number of carbonyl (C=O) groups excluding carboxylic acids is 1. The highest BCUT2D eigenvalue weighted by atomic mass is 16.4. The molecule has 0 aliphatic heterocycles. The van der Waals surface area contributed by atoms with Crippen LogP contribution in [0.1, 0.15) is 18.5 Å². The Morgan fingerprint density at radius 3 is 2.44 bits per heavy atom. The van der Waals surface area contributed by atoms with E-state index in [-0.39, 0.29) is 0 Å². The number of nitrogens with one attached hydrogen (secondary N) is 1. The number of allylic oxidation sites excluding steroid dienone is 1. The van der Waals surface area contributed by atoms with Gasteiger partial charge in [-0.15, -0.1) is 0 Å². The molecule has 0 fully saturated rings. The number of carboxylic acid groups (broad SMARTS) is 1. The van der Waals surface area contributed by atoms with Crippen LogP contribution in [0, 0.1) is 0 Å². The van der Waals surface area contributed by atoms with Gasteiger partial charge in [-0.3, -0.25) is 4.79 Å². The number of carboxylic acids is 1. The number of benzene rings is 1. The average molecular weight is 219 g/mol. The standard InChI is InChI=1S/C12H13NO3/c1-2-6-10(14)13-11(12(15)16)9-7-4-3-5-8-9/h2-8,11H,1H3,(H,13,14)(H,15,16)/b6-2+. The van der Waals surface area contributed by atoms with Gasteiger partial charge < -0.3 is 10.4 Å². The number of amides is 1. The monoisotopic (exact) mass is 219 g/mol. The van der Waals surface area contributed by atoms with Crippen molar-refractivity contribution in [3.8, 4) is 0 Å². The van der Waals surface area contributed by atoms with E-state index in [1.54, 1.807) is 43.3 Å². The second-order valence-corrected chi connectivity index (χ2v) is 3.19. The van der Waals surface area contributed by atoms with Crippen LogP contribution in [-0.2, 0) is 9.59 Å². The quantitative estimate of drug-likeness (QED) is 0.754. The summed E-state index contributed by atoms with van der Waals surface area (Å²) < 4.78 is 0. The fourth-order valence-electron chi connectivity index (χ4n) is 1.27. The molecule has 2 N–H and O–H groups in total. The zero-order chi connectivity index (χ0) is 12.0. The van der Waals surface area contributed by atoms with Gasteiger partial charge >= 0.3 is 5.97 Å². The molecule has 0 aromatic heterocycles. The molecular formula is C12H13NO3. The van der Waals surface area contributed by atoms with Gasteiger partial charge in [-0.05, 0) is 18.6 Å². The molecule has 1 rings (SSSR count). The first-order valence-electron chi connectivity index (χ1n) is 4.86. The summed E-state index contributed by atoms with van der Waals surface area (Å²) in [5.41, 5.74) is 0.549. The minimum Gasteiger partial charge on any atom is -0.479 e. The van der Waals surface area contributed by atoms with Crippen LogP contribution in [0.3, 0.4) is 0 Å². The normalized spacial score (nSPS) is 12.3. The number of aliphatic carboxylic acids is 1. The maximum atomic E-state index is 11.3. The lowest BCUT2D eigenvalue weighted by molar-refractivity contribution is -0.141. The Hall–Kier alpha value is -2.10. The summed E-state index contributed by atoms with van der Waals surface area (Å²) >= 11 is 0. The summed E-state index contributed by atoms with van der Waals surface area (Å²) in [6.45, 7) is 1.69. The first-order chi connectivity index (χ1) is 7.65. The maximum Gasteiger partial charge on any atom is 0.330 e. The van der Waals surface area contributed by atoms with Gasteiger partial charge in [-0.25, -0.2) is 4.79 Å². The van der Waals surface area contributed by atoms with Crippen LogP contribution in [-0.4, -0.2) is 17.0 Å². The van der Waals surface area contributed by atoms with E-state index in [0.29, 0.717) is 5.56 Å². The van der Waals surface area contributed by atoms with Crippen molar-refractivity contribution < 1.29 is 14.7 Å². The zero-order valence-electron chi connectivity index (χ0n) is 8.88. The number of hydrogen-bond donors (Lipinski definition) is 2. The highest BCUT2D eigenvalue weighted by Gasteiger charge is 2.20. The molecule has 0 radical (unpaired) electrons. The summed E-state index contributed by atoms with van der Waals surface area (Å²) in [6.07, 6.45) is 2.85.